The predicted molar refractivity (Wildman–Crippen MR) is 110 cm³/mol. The molecule has 25 heavy (non-hydrogen) atoms. The highest BCUT2D eigenvalue weighted by molar-refractivity contribution is 6.07. The number of furan rings is 1. The number of fused-ring (bicyclic) bond motifs is 3. The highest BCUT2D eigenvalue weighted by Gasteiger charge is 2.15. The van der Waals surface area contributed by atoms with Crippen molar-refractivity contribution < 1.29 is 4.42 Å². The van der Waals surface area contributed by atoms with Crippen molar-refractivity contribution in [3.8, 4) is 0 Å². The second-order valence-electron chi connectivity index (χ2n) is 6.53. The van der Waals surface area contributed by atoms with Gasteiger partial charge in [0.25, 0.3) is 0 Å². The third-order valence-corrected chi connectivity index (χ3v) is 4.27. The zero-order valence-corrected chi connectivity index (χ0v) is 16.0. The van der Waals surface area contributed by atoms with E-state index in [1.54, 1.807) is 6.08 Å². The van der Waals surface area contributed by atoms with Gasteiger partial charge in [0.15, 0.2) is 0 Å². The van der Waals surface area contributed by atoms with Crippen LogP contribution in [0.2, 0.25) is 0 Å². The molecule has 0 aliphatic carbocycles. The Balaban J connectivity index is 0.00000109. The summed E-state index contributed by atoms with van der Waals surface area (Å²) >= 11 is 0. The molecule has 2 aromatic carbocycles. The SMILES string of the molecule is CC.Cc1ccc2c(oc3c(CC(C)C)cccc32)c1C/C=C\C=N. The highest BCUT2D eigenvalue weighted by atomic mass is 16.3. The maximum Gasteiger partial charge on any atom is 0.139 e. The minimum absolute atomic E-state index is 0.602. The second kappa shape index (κ2) is 8.66. The van der Waals surface area contributed by atoms with Crippen molar-refractivity contribution in [2.75, 3.05) is 0 Å². The summed E-state index contributed by atoms with van der Waals surface area (Å²) in [7, 11) is 0. The molecule has 1 aromatic heterocycles. The van der Waals surface area contributed by atoms with Crippen molar-refractivity contribution in [3.05, 3.63) is 59.2 Å². The van der Waals surface area contributed by atoms with Gasteiger partial charge in [0.2, 0.25) is 0 Å². The Hall–Kier alpha value is -2.35. The molecule has 3 aromatic rings. The topological polar surface area (TPSA) is 37.0 Å². The first-order valence-corrected chi connectivity index (χ1v) is 9.20. The van der Waals surface area contributed by atoms with Gasteiger partial charge in [0.1, 0.15) is 11.2 Å². The molecule has 0 atom stereocenters. The molecule has 0 spiro atoms. The number of allylic oxidation sites excluding steroid dienone is 2. The van der Waals surface area contributed by atoms with Crippen LogP contribution < -0.4 is 0 Å². The van der Waals surface area contributed by atoms with E-state index in [1.165, 1.54) is 33.7 Å². The third-order valence-electron chi connectivity index (χ3n) is 4.27. The highest BCUT2D eigenvalue weighted by Crippen LogP contribution is 2.35. The zero-order valence-electron chi connectivity index (χ0n) is 16.0. The van der Waals surface area contributed by atoms with Crippen LogP contribution in [0.4, 0.5) is 0 Å². The van der Waals surface area contributed by atoms with Gasteiger partial charge in [-0.25, -0.2) is 0 Å². The Bertz CT molecular complexity index is 884. The first-order chi connectivity index (χ1) is 12.1. The van der Waals surface area contributed by atoms with Crippen LogP contribution >= 0.6 is 0 Å². The first kappa shape index (κ1) is 19.0. The Morgan fingerprint density at radius 3 is 2.44 bits per heavy atom. The van der Waals surface area contributed by atoms with E-state index in [1.807, 2.05) is 19.9 Å². The average Bonchev–Trinajstić information content (AvgIpc) is 2.98. The van der Waals surface area contributed by atoms with Gasteiger partial charge >= 0.3 is 0 Å². The fraction of sp³-hybridized carbons (Fsp3) is 0.348. The Kier molecular flexibility index (Phi) is 6.58. The minimum Gasteiger partial charge on any atom is -0.455 e. The van der Waals surface area contributed by atoms with Crippen molar-refractivity contribution in [2.24, 2.45) is 5.92 Å². The summed E-state index contributed by atoms with van der Waals surface area (Å²) in [5.41, 5.74) is 5.75. The van der Waals surface area contributed by atoms with Crippen molar-refractivity contribution >= 4 is 28.2 Å². The lowest BCUT2D eigenvalue weighted by Crippen LogP contribution is -1.93. The van der Waals surface area contributed by atoms with Crippen LogP contribution in [0.1, 0.15) is 44.4 Å². The monoisotopic (exact) mass is 335 g/mol. The fourth-order valence-electron chi connectivity index (χ4n) is 3.18. The van der Waals surface area contributed by atoms with Crippen LogP contribution in [-0.2, 0) is 12.8 Å². The summed E-state index contributed by atoms with van der Waals surface area (Å²) in [5.74, 6) is 0.602. The normalized spacial score (nSPS) is 11.3. The Morgan fingerprint density at radius 2 is 1.76 bits per heavy atom. The van der Waals surface area contributed by atoms with E-state index in [4.69, 9.17) is 9.83 Å². The lowest BCUT2D eigenvalue weighted by Gasteiger charge is -2.04. The lowest BCUT2D eigenvalue weighted by molar-refractivity contribution is 0.622. The van der Waals surface area contributed by atoms with E-state index >= 15 is 0 Å². The number of aryl methyl sites for hydroxylation is 1. The number of hydrogen-bond donors (Lipinski definition) is 1. The van der Waals surface area contributed by atoms with E-state index in [0.717, 1.165) is 24.0 Å². The summed E-state index contributed by atoms with van der Waals surface area (Å²) in [5, 5.41) is 9.52. The number of benzene rings is 2. The van der Waals surface area contributed by atoms with Crippen LogP contribution in [0.25, 0.3) is 21.9 Å². The molecular weight excluding hydrogens is 306 g/mol. The molecule has 2 heteroatoms. The molecule has 0 unspecified atom stereocenters. The van der Waals surface area contributed by atoms with Gasteiger partial charge in [-0.1, -0.05) is 64.1 Å². The van der Waals surface area contributed by atoms with Crippen LogP contribution in [0.3, 0.4) is 0 Å². The number of rotatable bonds is 5. The second-order valence-corrected chi connectivity index (χ2v) is 6.53. The molecule has 0 radical (unpaired) electrons. The van der Waals surface area contributed by atoms with Crippen LogP contribution in [0.15, 0.2) is 46.9 Å². The molecule has 0 amide bonds. The van der Waals surface area contributed by atoms with E-state index in [0.29, 0.717) is 5.92 Å². The van der Waals surface area contributed by atoms with Gasteiger partial charge in [0, 0.05) is 22.6 Å². The van der Waals surface area contributed by atoms with E-state index < -0.39 is 0 Å². The molecular formula is C23H29NO. The molecule has 0 aliphatic rings. The molecule has 0 bridgehead atoms. The predicted octanol–water partition coefficient (Wildman–Crippen LogP) is 6.87. The van der Waals surface area contributed by atoms with Crippen LogP contribution in [0.5, 0.6) is 0 Å². The van der Waals surface area contributed by atoms with Gasteiger partial charge < -0.3 is 9.83 Å². The summed E-state index contributed by atoms with van der Waals surface area (Å²) in [6, 6.07) is 10.8. The smallest absolute Gasteiger partial charge is 0.139 e. The summed E-state index contributed by atoms with van der Waals surface area (Å²) in [6.45, 7) is 10.6. The lowest BCUT2D eigenvalue weighted by atomic mass is 9.99. The van der Waals surface area contributed by atoms with Gasteiger partial charge in [-0.15, -0.1) is 0 Å². The number of hydrogen-bond acceptors (Lipinski definition) is 2. The van der Waals surface area contributed by atoms with Crippen molar-refractivity contribution in [1.82, 2.24) is 0 Å². The molecule has 0 saturated carbocycles. The molecule has 3 rings (SSSR count). The molecule has 0 aliphatic heterocycles. The van der Waals surface area contributed by atoms with Gasteiger partial charge in [-0.2, -0.15) is 0 Å². The fourth-order valence-corrected chi connectivity index (χ4v) is 3.18. The Labute approximate surface area is 151 Å². The summed E-state index contributed by atoms with van der Waals surface area (Å²) < 4.78 is 6.34. The third kappa shape index (κ3) is 4.01. The average molecular weight is 335 g/mol. The van der Waals surface area contributed by atoms with Gasteiger partial charge in [0.05, 0.1) is 0 Å². The molecule has 132 valence electrons. The molecule has 1 N–H and O–H groups in total. The first-order valence-electron chi connectivity index (χ1n) is 9.20. The van der Waals surface area contributed by atoms with E-state index in [2.05, 4.69) is 51.1 Å². The maximum absolute atomic E-state index is 7.13. The standard InChI is InChI=1S/C21H23NO.C2H6/c1-14(2)13-16-7-6-9-18-19-11-10-15(3)17(8-4-5-12-22)21(19)23-20(16)18;1-2/h4-7,9-12,14,22H,8,13H2,1-3H3;1-2H3/b5-4-,22-12?;. The largest absolute Gasteiger partial charge is 0.455 e. The van der Waals surface area contributed by atoms with Gasteiger partial charge in [-0.05, 0) is 42.9 Å². The van der Waals surface area contributed by atoms with Crippen molar-refractivity contribution in [3.63, 3.8) is 0 Å². The quantitative estimate of drug-likeness (QED) is 0.508. The Morgan fingerprint density at radius 1 is 1.04 bits per heavy atom. The van der Waals surface area contributed by atoms with E-state index in [-0.39, 0.29) is 0 Å². The number of nitrogens with one attached hydrogen (secondary N) is 1. The minimum atomic E-state index is 0.602. The zero-order chi connectivity index (χ0) is 18.4. The van der Waals surface area contributed by atoms with Crippen LogP contribution in [0, 0.1) is 18.3 Å². The van der Waals surface area contributed by atoms with Gasteiger partial charge in [-0.3, -0.25) is 0 Å². The van der Waals surface area contributed by atoms with E-state index in [9.17, 15) is 0 Å². The summed E-state index contributed by atoms with van der Waals surface area (Å²) in [6.07, 6.45) is 6.91. The van der Waals surface area contributed by atoms with Crippen molar-refractivity contribution in [1.29, 1.82) is 5.41 Å². The van der Waals surface area contributed by atoms with Crippen molar-refractivity contribution in [2.45, 2.75) is 47.5 Å². The molecule has 0 fully saturated rings. The number of para-hydroxylation sites is 1. The molecule has 1 heterocycles. The molecule has 2 nitrogen and oxygen atoms in total. The summed E-state index contributed by atoms with van der Waals surface area (Å²) in [4.78, 5) is 0. The maximum atomic E-state index is 7.13. The van der Waals surface area contributed by atoms with Crippen LogP contribution in [-0.4, -0.2) is 6.21 Å². The molecule has 0 saturated heterocycles.